The van der Waals surface area contributed by atoms with Crippen molar-refractivity contribution < 1.29 is 14.3 Å². The predicted octanol–water partition coefficient (Wildman–Crippen LogP) is 3.17. The van der Waals surface area contributed by atoms with Gasteiger partial charge in [-0.15, -0.1) is 11.3 Å². The van der Waals surface area contributed by atoms with E-state index in [1.807, 2.05) is 18.2 Å². The van der Waals surface area contributed by atoms with E-state index in [0.29, 0.717) is 5.75 Å². The molecule has 136 valence electrons. The second kappa shape index (κ2) is 7.11. The number of hydrogen-bond acceptors (Lipinski definition) is 4. The normalized spacial score (nSPS) is 19.0. The number of ether oxygens (including phenoxy) is 1. The number of thiophene rings is 1. The number of carbonyl (C=O) groups excluding carboxylic acids is 2. The van der Waals surface area contributed by atoms with Crippen LogP contribution < -0.4 is 15.0 Å². The minimum atomic E-state index is -0.698. The number of aryl methyl sites for hydroxylation is 2. The molecule has 2 amide bonds. The standard InChI is InChI=1S/C20H22N2O3S/c1-21-19(23)16-12-22(14-8-5-6-9-15(14)25-16)20(24)18-11-13-7-3-2-4-10-17(13)26-18/h5-6,8-9,11,16H,2-4,7,10,12H2,1H3,(H,21,23). The Morgan fingerprint density at radius 2 is 2.00 bits per heavy atom. The summed E-state index contributed by atoms with van der Waals surface area (Å²) in [5, 5.41) is 2.61. The van der Waals surface area contributed by atoms with Crippen molar-refractivity contribution in [1.29, 1.82) is 0 Å². The van der Waals surface area contributed by atoms with E-state index in [1.165, 1.54) is 29.7 Å². The molecule has 0 bridgehead atoms. The first-order valence-electron chi connectivity index (χ1n) is 9.08. The Kier molecular flexibility index (Phi) is 4.68. The van der Waals surface area contributed by atoms with Gasteiger partial charge in [-0.2, -0.15) is 0 Å². The number of nitrogens with one attached hydrogen (secondary N) is 1. The summed E-state index contributed by atoms with van der Waals surface area (Å²) >= 11 is 1.61. The molecule has 1 atom stereocenters. The van der Waals surface area contributed by atoms with Crippen LogP contribution >= 0.6 is 11.3 Å². The molecular weight excluding hydrogens is 348 g/mol. The van der Waals surface area contributed by atoms with Gasteiger partial charge in [0.05, 0.1) is 17.1 Å². The van der Waals surface area contributed by atoms with Gasteiger partial charge in [0, 0.05) is 11.9 Å². The van der Waals surface area contributed by atoms with Crippen LogP contribution in [0.2, 0.25) is 0 Å². The van der Waals surface area contributed by atoms with E-state index in [9.17, 15) is 9.59 Å². The highest BCUT2D eigenvalue weighted by Gasteiger charge is 2.34. The Hall–Kier alpha value is -2.34. The van der Waals surface area contributed by atoms with Gasteiger partial charge in [-0.05, 0) is 49.4 Å². The summed E-state index contributed by atoms with van der Waals surface area (Å²) in [6.07, 6.45) is 5.07. The van der Waals surface area contributed by atoms with Crippen LogP contribution in [0.5, 0.6) is 5.75 Å². The maximum Gasteiger partial charge on any atom is 0.268 e. The van der Waals surface area contributed by atoms with Gasteiger partial charge in [-0.3, -0.25) is 14.5 Å². The second-order valence-corrected chi connectivity index (χ2v) is 7.86. The maximum absolute atomic E-state index is 13.3. The van der Waals surface area contributed by atoms with E-state index in [1.54, 1.807) is 29.4 Å². The fourth-order valence-corrected chi connectivity index (χ4v) is 4.83. The Bertz CT molecular complexity index is 822. The summed E-state index contributed by atoms with van der Waals surface area (Å²) < 4.78 is 5.80. The first kappa shape index (κ1) is 17.1. The third-order valence-corrected chi connectivity index (χ3v) is 6.24. The number of carbonyl (C=O) groups is 2. The summed E-state index contributed by atoms with van der Waals surface area (Å²) in [6, 6.07) is 9.45. The van der Waals surface area contributed by atoms with Crippen molar-refractivity contribution in [3.05, 3.63) is 45.6 Å². The molecule has 6 heteroatoms. The first-order valence-corrected chi connectivity index (χ1v) is 9.89. The zero-order chi connectivity index (χ0) is 18.1. The van der Waals surface area contributed by atoms with Gasteiger partial charge in [-0.25, -0.2) is 0 Å². The van der Waals surface area contributed by atoms with E-state index in [-0.39, 0.29) is 18.4 Å². The molecule has 0 saturated heterocycles. The Morgan fingerprint density at radius 3 is 2.85 bits per heavy atom. The molecule has 2 heterocycles. The fourth-order valence-electron chi connectivity index (χ4n) is 3.63. The number of amides is 2. The minimum absolute atomic E-state index is 0.0484. The second-order valence-electron chi connectivity index (χ2n) is 6.72. The molecule has 0 spiro atoms. The van der Waals surface area contributed by atoms with Crippen LogP contribution in [0.1, 0.15) is 39.4 Å². The molecule has 1 aliphatic heterocycles. The molecule has 0 saturated carbocycles. The van der Waals surface area contributed by atoms with E-state index in [2.05, 4.69) is 11.4 Å². The molecule has 0 radical (unpaired) electrons. The number of hydrogen-bond donors (Lipinski definition) is 1. The Balaban J connectivity index is 1.67. The number of nitrogens with zero attached hydrogens (tertiary/aromatic N) is 1. The average Bonchev–Trinajstić information content (AvgIpc) is 2.96. The van der Waals surface area contributed by atoms with Crippen LogP contribution in [0.25, 0.3) is 0 Å². The van der Waals surface area contributed by atoms with Gasteiger partial charge in [0.2, 0.25) is 0 Å². The first-order chi connectivity index (χ1) is 12.7. The lowest BCUT2D eigenvalue weighted by atomic mass is 10.1. The molecule has 1 aromatic carbocycles. The van der Waals surface area contributed by atoms with Crippen LogP contribution in [0.15, 0.2) is 30.3 Å². The largest absolute Gasteiger partial charge is 0.477 e. The Morgan fingerprint density at radius 1 is 1.19 bits per heavy atom. The summed E-state index contributed by atoms with van der Waals surface area (Å²) in [5.74, 6) is 0.297. The highest BCUT2D eigenvalue weighted by Crippen LogP contribution is 2.36. The topological polar surface area (TPSA) is 58.6 Å². The van der Waals surface area contributed by atoms with Gasteiger partial charge in [-0.1, -0.05) is 18.6 Å². The van der Waals surface area contributed by atoms with Gasteiger partial charge in [0.1, 0.15) is 5.75 Å². The zero-order valence-electron chi connectivity index (χ0n) is 14.8. The number of para-hydroxylation sites is 2. The summed E-state index contributed by atoms with van der Waals surface area (Å²) in [5.41, 5.74) is 2.04. The lowest BCUT2D eigenvalue weighted by Crippen LogP contribution is -2.50. The molecule has 2 aliphatic rings. The molecule has 5 nitrogen and oxygen atoms in total. The average molecular weight is 370 g/mol. The quantitative estimate of drug-likeness (QED) is 0.826. The van der Waals surface area contributed by atoms with Crippen molar-refractivity contribution >= 4 is 28.8 Å². The highest BCUT2D eigenvalue weighted by molar-refractivity contribution is 7.14. The number of likely N-dealkylation sites (N-methyl/N-ethyl adjacent to an activating group) is 1. The van der Waals surface area contributed by atoms with Crippen LogP contribution in [0.3, 0.4) is 0 Å². The van der Waals surface area contributed by atoms with Crippen molar-refractivity contribution in [2.75, 3.05) is 18.5 Å². The van der Waals surface area contributed by atoms with Gasteiger partial charge < -0.3 is 10.1 Å². The third-order valence-electron chi connectivity index (χ3n) is 5.02. The van der Waals surface area contributed by atoms with E-state index in [4.69, 9.17) is 4.74 Å². The van der Waals surface area contributed by atoms with Gasteiger partial charge in [0.15, 0.2) is 6.10 Å². The number of benzene rings is 1. The van der Waals surface area contributed by atoms with Crippen LogP contribution in [-0.4, -0.2) is 31.5 Å². The zero-order valence-corrected chi connectivity index (χ0v) is 15.6. The van der Waals surface area contributed by atoms with Crippen molar-refractivity contribution in [2.24, 2.45) is 0 Å². The minimum Gasteiger partial charge on any atom is -0.477 e. The van der Waals surface area contributed by atoms with Crippen LogP contribution in [0.4, 0.5) is 5.69 Å². The molecule has 1 aromatic heterocycles. The molecule has 4 rings (SSSR count). The molecule has 1 unspecified atom stereocenters. The lowest BCUT2D eigenvalue weighted by Gasteiger charge is -2.33. The summed E-state index contributed by atoms with van der Waals surface area (Å²) in [7, 11) is 1.58. The molecule has 0 fully saturated rings. The molecular formula is C20H22N2O3S. The van der Waals surface area contributed by atoms with E-state index >= 15 is 0 Å². The maximum atomic E-state index is 13.3. The fraction of sp³-hybridized carbons (Fsp3) is 0.400. The van der Waals surface area contributed by atoms with Crippen LogP contribution in [-0.2, 0) is 17.6 Å². The van der Waals surface area contributed by atoms with Crippen molar-refractivity contribution in [3.8, 4) is 5.75 Å². The molecule has 1 aliphatic carbocycles. The third kappa shape index (κ3) is 3.09. The van der Waals surface area contributed by atoms with Crippen molar-refractivity contribution in [3.63, 3.8) is 0 Å². The molecule has 2 aromatic rings. The van der Waals surface area contributed by atoms with Crippen molar-refractivity contribution in [2.45, 2.75) is 38.2 Å². The SMILES string of the molecule is CNC(=O)C1CN(C(=O)c2cc3c(s2)CCCCC3)c2ccccc2O1. The number of anilines is 1. The van der Waals surface area contributed by atoms with Gasteiger partial charge in [0.25, 0.3) is 11.8 Å². The monoisotopic (exact) mass is 370 g/mol. The number of rotatable bonds is 2. The molecule has 1 N–H and O–H groups in total. The highest BCUT2D eigenvalue weighted by atomic mass is 32.1. The smallest absolute Gasteiger partial charge is 0.268 e. The van der Waals surface area contributed by atoms with Gasteiger partial charge >= 0.3 is 0 Å². The van der Waals surface area contributed by atoms with Crippen LogP contribution in [0, 0.1) is 0 Å². The van der Waals surface area contributed by atoms with E-state index < -0.39 is 6.10 Å². The van der Waals surface area contributed by atoms with Crippen molar-refractivity contribution in [1.82, 2.24) is 5.32 Å². The number of fused-ring (bicyclic) bond motifs is 2. The predicted molar refractivity (Wildman–Crippen MR) is 102 cm³/mol. The van der Waals surface area contributed by atoms with E-state index in [0.717, 1.165) is 23.4 Å². The molecule has 26 heavy (non-hydrogen) atoms. The summed E-state index contributed by atoms with van der Waals surface area (Å²) in [6.45, 7) is 0.220. The Labute approximate surface area is 157 Å². The summed E-state index contributed by atoms with van der Waals surface area (Å²) in [4.78, 5) is 29.2. The lowest BCUT2D eigenvalue weighted by molar-refractivity contribution is -0.127.